The highest BCUT2D eigenvalue weighted by molar-refractivity contribution is 5.62. The lowest BCUT2D eigenvalue weighted by Gasteiger charge is -2.29. The van der Waals surface area contributed by atoms with Gasteiger partial charge in [-0.2, -0.15) is 0 Å². The Balaban J connectivity index is 2.15. The second-order valence-corrected chi connectivity index (χ2v) is 4.96. The zero-order valence-corrected chi connectivity index (χ0v) is 10.9. The van der Waals surface area contributed by atoms with Gasteiger partial charge in [-0.25, -0.2) is 0 Å². The van der Waals surface area contributed by atoms with Crippen molar-refractivity contribution in [3.63, 3.8) is 0 Å². The average molecular weight is 250 g/mol. The van der Waals surface area contributed by atoms with E-state index >= 15 is 0 Å². The van der Waals surface area contributed by atoms with E-state index in [4.69, 9.17) is 10.5 Å². The number of benzene rings is 1. The first-order valence-electron chi connectivity index (χ1n) is 6.60. The lowest BCUT2D eigenvalue weighted by Crippen LogP contribution is -2.38. The minimum Gasteiger partial charge on any atom is -0.492 e. The standard InChI is InChI=1S/C14H22N2O2/c1-2-18-13-9-11(5-6-12(13)15)16-14(10-17)7-3-4-8-14/h5-6,9,16-17H,2-4,7-8,10,15H2,1H3. The molecule has 1 aromatic rings. The predicted octanol–water partition coefficient (Wildman–Crippen LogP) is 2.38. The topological polar surface area (TPSA) is 67.5 Å². The van der Waals surface area contributed by atoms with Crippen molar-refractivity contribution in [2.45, 2.75) is 38.1 Å². The summed E-state index contributed by atoms with van der Waals surface area (Å²) in [7, 11) is 0. The zero-order valence-electron chi connectivity index (χ0n) is 10.9. The van der Waals surface area contributed by atoms with Gasteiger partial charge in [0.15, 0.2) is 0 Å². The van der Waals surface area contributed by atoms with E-state index < -0.39 is 0 Å². The van der Waals surface area contributed by atoms with Gasteiger partial charge in [0.05, 0.1) is 24.4 Å². The maximum atomic E-state index is 9.59. The van der Waals surface area contributed by atoms with E-state index in [9.17, 15) is 5.11 Å². The number of hydrogen-bond donors (Lipinski definition) is 3. The van der Waals surface area contributed by atoms with Crippen LogP contribution in [0.1, 0.15) is 32.6 Å². The first-order chi connectivity index (χ1) is 8.69. The predicted molar refractivity (Wildman–Crippen MR) is 73.9 cm³/mol. The maximum absolute atomic E-state index is 9.59. The van der Waals surface area contributed by atoms with Crippen molar-refractivity contribution in [1.82, 2.24) is 0 Å². The van der Waals surface area contributed by atoms with Crippen LogP contribution in [0, 0.1) is 0 Å². The molecule has 0 bridgehead atoms. The molecular weight excluding hydrogens is 228 g/mol. The summed E-state index contributed by atoms with van der Waals surface area (Å²) >= 11 is 0. The summed E-state index contributed by atoms with van der Waals surface area (Å²) in [6.45, 7) is 2.70. The summed E-state index contributed by atoms with van der Waals surface area (Å²) < 4.78 is 5.48. The van der Waals surface area contributed by atoms with Crippen LogP contribution in [-0.2, 0) is 0 Å². The molecule has 1 fully saturated rings. The van der Waals surface area contributed by atoms with Gasteiger partial charge in [0.25, 0.3) is 0 Å². The van der Waals surface area contributed by atoms with Crippen LogP contribution in [0.4, 0.5) is 11.4 Å². The fourth-order valence-electron chi connectivity index (χ4n) is 2.57. The van der Waals surface area contributed by atoms with Gasteiger partial charge in [-0.15, -0.1) is 0 Å². The fourth-order valence-corrected chi connectivity index (χ4v) is 2.57. The average Bonchev–Trinajstić information content (AvgIpc) is 2.83. The quantitative estimate of drug-likeness (QED) is 0.702. The molecule has 2 rings (SSSR count). The van der Waals surface area contributed by atoms with Gasteiger partial charge in [0.2, 0.25) is 0 Å². The van der Waals surface area contributed by atoms with E-state index in [0.717, 1.165) is 18.5 Å². The molecule has 0 amide bonds. The van der Waals surface area contributed by atoms with Gasteiger partial charge in [-0.05, 0) is 31.9 Å². The third-order valence-electron chi connectivity index (χ3n) is 3.59. The summed E-state index contributed by atoms with van der Waals surface area (Å²) in [5, 5.41) is 13.0. The Morgan fingerprint density at radius 2 is 2.11 bits per heavy atom. The number of hydrogen-bond acceptors (Lipinski definition) is 4. The molecule has 0 heterocycles. The number of rotatable bonds is 5. The normalized spacial score (nSPS) is 17.7. The summed E-state index contributed by atoms with van der Waals surface area (Å²) in [5.74, 6) is 0.702. The van der Waals surface area contributed by atoms with Gasteiger partial charge in [-0.1, -0.05) is 12.8 Å². The zero-order chi connectivity index (χ0) is 13.0. The van der Waals surface area contributed by atoms with Crippen molar-refractivity contribution in [1.29, 1.82) is 0 Å². The Morgan fingerprint density at radius 3 is 2.72 bits per heavy atom. The summed E-state index contributed by atoms with van der Waals surface area (Å²) in [6.07, 6.45) is 4.36. The van der Waals surface area contributed by atoms with Crippen LogP contribution in [0.2, 0.25) is 0 Å². The highest BCUT2D eigenvalue weighted by Gasteiger charge is 2.32. The van der Waals surface area contributed by atoms with Gasteiger partial charge in [0, 0.05) is 11.8 Å². The molecule has 100 valence electrons. The Labute approximate surface area is 108 Å². The number of nitrogens with one attached hydrogen (secondary N) is 1. The third kappa shape index (κ3) is 2.70. The molecular formula is C14H22N2O2. The van der Waals surface area contributed by atoms with Crippen molar-refractivity contribution in [3.05, 3.63) is 18.2 Å². The van der Waals surface area contributed by atoms with Crippen molar-refractivity contribution in [2.24, 2.45) is 0 Å². The molecule has 1 aliphatic rings. The number of nitrogen functional groups attached to an aromatic ring is 1. The molecule has 0 radical (unpaired) electrons. The molecule has 0 aromatic heterocycles. The third-order valence-corrected chi connectivity index (χ3v) is 3.59. The van der Waals surface area contributed by atoms with Crippen molar-refractivity contribution in [2.75, 3.05) is 24.3 Å². The molecule has 0 spiro atoms. The molecule has 1 aliphatic carbocycles. The van der Waals surface area contributed by atoms with Gasteiger partial charge < -0.3 is 20.9 Å². The van der Waals surface area contributed by atoms with Crippen LogP contribution in [0.15, 0.2) is 18.2 Å². The van der Waals surface area contributed by atoms with E-state index in [-0.39, 0.29) is 12.1 Å². The Kier molecular flexibility index (Phi) is 3.97. The molecule has 18 heavy (non-hydrogen) atoms. The van der Waals surface area contributed by atoms with Crippen molar-refractivity contribution in [3.8, 4) is 5.75 Å². The van der Waals surface area contributed by atoms with E-state index in [2.05, 4.69) is 5.32 Å². The second kappa shape index (κ2) is 5.48. The highest BCUT2D eigenvalue weighted by Crippen LogP contribution is 2.34. The van der Waals surface area contributed by atoms with E-state index in [1.54, 1.807) is 0 Å². The van der Waals surface area contributed by atoms with Gasteiger partial charge in [0.1, 0.15) is 5.75 Å². The largest absolute Gasteiger partial charge is 0.492 e. The van der Waals surface area contributed by atoms with Gasteiger partial charge >= 0.3 is 0 Å². The van der Waals surface area contributed by atoms with E-state index in [1.807, 2.05) is 25.1 Å². The number of nitrogens with two attached hydrogens (primary N) is 1. The Morgan fingerprint density at radius 1 is 1.39 bits per heavy atom. The number of anilines is 2. The molecule has 4 nitrogen and oxygen atoms in total. The molecule has 1 aromatic carbocycles. The van der Waals surface area contributed by atoms with Crippen molar-refractivity contribution < 1.29 is 9.84 Å². The minimum atomic E-state index is -0.167. The SMILES string of the molecule is CCOc1cc(NC2(CO)CCCC2)ccc1N. The molecule has 1 saturated carbocycles. The molecule has 0 atom stereocenters. The van der Waals surface area contributed by atoms with Gasteiger partial charge in [-0.3, -0.25) is 0 Å². The molecule has 0 saturated heterocycles. The first kappa shape index (κ1) is 13.0. The Bertz CT molecular complexity index is 401. The minimum absolute atomic E-state index is 0.167. The van der Waals surface area contributed by atoms with Crippen LogP contribution in [0.5, 0.6) is 5.75 Å². The van der Waals surface area contributed by atoms with Crippen LogP contribution < -0.4 is 15.8 Å². The van der Waals surface area contributed by atoms with E-state index in [1.165, 1.54) is 12.8 Å². The highest BCUT2D eigenvalue weighted by atomic mass is 16.5. The van der Waals surface area contributed by atoms with Crippen molar-refractivity contribution >= 4 is 11.4 Å². The first-order valence-corrected chi connectivity index (χ1v) is 6.60. The molecule has 4 N–H and O–H groups in total. The van der Waals surface area contributed by atoms with E-state index in [0.29, 0.717) is 18.0 Å². The number of ether oxygens (including phenoxy) is 1. The summed E-state index contributed by atoms with van der Waals surface area (Å²) in [5.41, 5.74) is 7.29. The number of aliphatic hydroxyl groups excluding tert-OH is 1. The smallest absolute Gasteiger partial charge is 0.144 e. The summed E-state index contributed by atoms with van der Waals surface area (Å²) in [4.78, 5) is 0. The monoisotopic (exact) mass is 250 g/mol. The van der Waals surface area contributed by atoms with Crippen LogP contribution in [-0.4, -0.2) is 23.9 Å². The molecule has 4 heteroatoms. The number of aliphatic hydroxyl groups is 1. The fraction of sp³-hybridized carbons (Fsp3) is 0.571. The second-order valence-electron chi connectivity index (χ2n) is 4.96. The van der Waals surface area contributed by atoms with Crippen LogP contribution in [0.3, 0.4) is 0 Å². The molecule has 0 unspecified atom stereocenters. The van der Waals surface area contributed by atoms with Crippen LogP contribution >= 0.6 is 0 Å². The van der Waals surface area contributed by atoms with Crippen LogP contribution in [0.25, 0.3) is 0 Å². The lowest BCUT2D eigenvalue weighted by molar-refractivity contribution is 0.214. The Hall–Kier alpha value is -1.42. The maximum Gasteiger partial charge on any atom is 0.144 e. The molecule has 0 aliphatic heterocycles. The summed E-state index contributed by atoms with van der Waals surface area (Å²) in [6, 6.07) is 5.69. The lowest BCUT2D eigenvalue weighted by atomic mass is 9.98.